The average molecular weight is 345 g/mol. The molecule has 0 unspecified atom stereocenters. The highest BCUT2D eigenvalue weighted by molar-refractivity contribution is 5.93. The van der Waals surface area contributed by atoms with E-state index in [1.165, 1.54) is 0 Å². The summed E-state index contributed by atoms with van der Waals surface area (Å²) < 4.78 is 7.52. The van der Waals surface area contributed by atoms with Crippen LogP contribution < -0.4 is 9.64 Å². The van der Waals surface area contributed by atoms with E-state index in [1.54, 1.807) is 21.9 Å². The van der Waals surface area contributed by atoms with Crippen LogP contribution in [0, 0.1) is 0 Å². The van der Waals surface area contributed by atoms with Crippen LogP contribution in [0.25, 0.3) is 11.3 Å². The molecular formula is C21H19N3O2. The maximum Gasteiger partial charge on any atom is 0.249 e. The fourth-order valence-corrected chi connectivity index (χ4v) is 3.21. The van der Waals surface area contributed by atoms with Gasteiger partial charge >= 0.3 is 0 Å². The van der Waals surface area contributed by atoms with Crippen LogP contribution in [0.3, 0.4) is 0 Å². The van der Waals surface area contributed by atoms with Gasteiger partial charge in [0.15, 0.2) is 0 Å². The van der Waals surface area contributed by atoms with Gasteiger partial charge in [-0.1, -0.05) is 36.4 Å². The van der Waals surface area contributed by atoms with E-state index < -0.39 is 0 Å². The molecule has 1 aromatic heterocycles. The van der Waals surface area contributed by atoms with E-state index >= 15 is 0 Å². The summed E-state index contributed by atoms with van der Waals surface area (Å²) in [5.41, 5.74) is 3.76. The molecule has 5 nitrogen and oxygen atoms in total. The van der Waals surface area contributed by atoms with Crippen molar-refractivity contribution in [3.8, 4) is 17.0 Å². The van der Waals surface area contributed by atoms with Gasteiger partial charge in [-0.05, 0) is 24.3 Å². The summed E-state index contributed by atoms with van der Waals surface area (Å²) in [5.74, 6) is 0.783. The van der Waals surface area contributed by atoms with E-state index in [0.29, 0.717) is 13.2 Å². The quantitative estimate of drug-likeness (QED) is 0.663. The van der Waals surface area contributed by atoms with E-state index in [2.05, 4.69) is 11.7 Å². The normalized spacial score (nSPS) is 11.8. The number of aromatic nitrogens is 2. The summed E-state index contributed by atoms with van der Waals surface area (Å²) >= 11 is 0. The number of nitrogens with zero attached hydrogens (tertiary/aromatic N) is 3. The Labute approximate surface area is 152 Å². The van der Waals surface area contributed by atoms with Crippen molar-refractivity contribution in [2.24, 2.45) is 0 Å². The van der Waals surface area contributed by atoms with Gasteiger partial charge in [0.1, 0.15) is 18.9 Å². The molecule has 0 atom stereocenters. The second kappa shape index (κ2) is 6.88. The number of amides is 1. The fraction of sp³-hybridized carbons (Fsp3) is 0.143. The van der Waals surface area contributed by atoms with Gasteiger partial charge in [-0.3, -0.25) is 9.48 Å². The van der Waals surface area contributed by atoms with Crippen molar-refractivity contribution in [3.05, 3.63) is 79.0 Å². The van der Waals surface area contributed by atoms with E-state index in [-0.39, 0.29) is 12.5 Å². The first-order valence-electron chi connectivity index (χ1n) is 8.51. The zero-order valence-corrected chi connectivity index (χ0v) is 14.3. The van der Waals surface area contributed by atoms with Crippen LogP contribution in [-0.2, 0) is 17.9 Å². The van der Waals surface area contributed by atoms with Crippen molar-refractivity contribution in [1.29, 1.82) is 0 Å². The number of benzene rings is 2. The molecule has 130 valence electrons. The summed E-state index contributed by atoms with van der Waals surface area (Å²) in [6.45, 7) is 4.85. The van der Waals surface area contributed by atoms with Gasteiger partial charge in [0.25, 0.3) is 0 Å². The molecule has 0 spiro atoms. The standard InChI is InChI=1S/C21H19N3O2/c1-2-12-23(17-8-4-3-5-9-17)20(25)14-24-21-16(13-22-24)15-26-19-11-7-6-10-18(19)21/h2-11,13H,1,12,14-15H2. The van der Waals surface area contributed by atoms with Crippen molar-refractivity contribution >= 4 is 11.6 Å². The number of para-hydroxylation sites is 2. The number of ether oxygens (including phenoxy) is 1. The highest BCUT2D eigenvalue weighted by Crippen LogP contribution is 2.37. The van der Waals surface area contributed by atoms with Crippen molar-refractivity contribution < 1.29 is 9.53 Å². The van der Waals surface area contributed by atoms with Crippen LogP contribution >= 0.6 is 0 Å². The van der Waals surface area contributed by atoms with Crippen molar-refractivity contribution in [3.63, 3.8) is 0 Å². The lowest BCUT2D eigenvalue weighted by molar-refractivity contribution is -0.119. The Hall–Kier alpha value is -3.34. The molecule has 26 heavy (non-hydrogen) atoms. The minimum Gasteiger partial charge on any atom is -0.488 e. The molecule has 0 aliphatic carbocycles. The molecule has 0 saturated carbocycles. The Morgan fingerprint density at radius 1 is 1.19 bits per heavy atom. The number of fused-ring (bicyclic) bond motifs is 3. The third-order valence-electron chi connectivity index (χ3n) is 4.41. The zero-order valence-electron chi connectivity index (χ0n) is 14.3. The smallest absolute Gasteiger partial charge is 0.249 e. The van der Waals surface area contributed by atoms with Crippen LogP contribution in [-0.4, -0.2) is 22.2 Å². The number of carbonyl (C=O) groups excluding carboxylic acids is 1. The van der Waals surface area contributed by atoms with Crippen molar-refractivity contribution in [1.82, 2.24) is 9.78 Å². The topological polar surface area (TPSA) is 47.4 Å². The van der Waals surface area contributed by atoms with Gasteiger partial charge < -0.3 is 9.64 Å². The number of anilines is 1. The average Bonchev–Trinajstić information content (AvgIpc) is 3.10. The molecule has 2 heterocycles. The maximum absolute atomic E-state index is 13.0. The molecule has 3 aromatic rings. The Morgan fingerprint density at radius 3 is 2.77 bits per heavy atom. The lowest BCUT2D eigenvalue weighted by Crippen LogP contribution is -2.34. The summed E-state index contributed by atoms with van der Waals surface area (Å²) in [4.78, 5) is 14.7. The summed E-state index contributed by atoms with van der Waals surface area (Å²) in [5, 5.41) is 4.44. The molecule has 1 aliphatic heterocycles. The minimum absolute atomic E-state index is 0.0361. The van der Waals surface area contributed by atoms with E-state index in [4.69, 9.17) is 4.74 Å². The summed E-state index contributed by atoms with van der Waals surface area (Å²) in [7, 11) is 0. The molecule has 0 fully saturated rings. The molecule has 2 aromatic carbocycles. The molecule has 0 saturated heterocycles. The molecule has 0 N–H and O–H groups in total. The van der Waals surface area contributed by atoms with Crippen LogP contribution in [0.4, 0.5) is 5.69 Å². The maximum atomic E-state index is 13.0. The molecule has 1 amide bonds. The number of carbonyl (C=O) groups is 1. The van der Waals surface area contributed by atoms with Gasteiger partial charge in [-0.2, -0.15) is 5.10 Å². The van der Waals surface area contributed by atoms with Gasteiger partial charge in [0.2, 0.25) is 5.91 Å². The third kappa shape index (κ3) is 2.88. The van der Waals surface area contributed by atoms with E-state index in [1.807, 2.05) is 54.6 Å². The molecule has 0 bridgehead atoms. The Morgan fingerprint density at radius 2 is 1.96 bits per heavy atom. The lowest BCUT2D eigenvalue weighted by Gasteiger charge is -2.23. The number of rotatable bonds is 5. The van der Waals surface area contributed by atoms with Gasteiger partial charge in [-0.15, -0.1) is 6.58 Å². The Balaban J connectivity index is 1.65. The predicted molar refractivity (Wildman–Crippen MR) is 101 cm³/mol. The van der Waals surface area contributed by atoms with Gasteiger partial charge in [-0.25, -0.2) is 0 Å². The molecule has 5 heteroatoms. The van der Waals surface area contributed by atoms with Gasteiger partial charge in [0, 0.05) is 23.4 Å². The first kappa shape index (κ1) is 16.1. The highest BCUT2D eigenvalue weighted by Gasteiger charge is 2.24. The monoisotopic (exact) mass is 345 g/mol. The molecule has 4 rings (SSSR count). The fourth-order valence-electron chi connectivity index (χ4n) is 3.21. The zero-order chi connectivity index (χ0) is 17.9. The first-order chi connectivity index (χ1) is 12.8. The van der Waals surface area contributed by atoms with Crippen LogP contribution in [0.15, 0.2) is 73.4 Å². The molecular weight excluding hydrogens is 326 g/mol. The number of hydrogen-bond acceptors (Lipinski definition) is 3. The number of hydrogen-bond donors (Lipinski definition) is 0. The van der Waals surface area contributed by atoms with Crippen LogP contribution in [0.1, 0.15) is 5.56 Å². The molecule has 1 aliphatic rings. The van der Waals surface area contributed by atoms with Crippen LogP contribution in [0.5, 0.6) is 5.75 Å². The second-order valence-corrected chi connectivity index (χ2v) is 6.09. The Kier molecular flexibility index (Phi) is 4.27. The summed E-state index contributed by atoms with van der Waals surface area (Å²) in [6, 6.07) is 17.4. The first-order valence-corrected chi connectivity index (χ1v) is 8.51. The predicted octanol–water partition coefficient (Wildman–Crippen LogP) is 3.66. The third-order valence-corrected chi connectivity index (χ3v) is 4.41. The summed E-state index contributed by atoms with van der Waals surface area (Å²) in [6.07, 6.45) is 3.51. The van der Waals surface area contributed by atoms with E-state index in [0.717, 1.165) is 28.3 Å². The minimum atomic E-state index is -0.0361. The van der Waals surface area contributed by atoms with E-state index in [9.17, 15) is 4.79 Å². The molecule has 0 radical (unpaired) electrons. The Bertz CT molecular complexity index is 947. The second-order valence-electron chi connectivity index (χ2n) is 6.09. The van der Waals surface area contributed by atoms with Crippen molar-refractivity contribution in [2.75, 3.05) is 11.4 Å². The van der Waals surface area contributed by atoms with Gasteiger partial charge in [0.05, 0.1) is 11.9 Å². The van der Waals surface area contributed by atoms with Crippen molar-refractivity contribution in [2.45, 2.75) is 13.2 Å². The lowest BCUT2D eigenvalue weighted by atomic mass is 10.0. The largest absolute Gasteiger partial charge is 0.488 e. The highest BCUT2D eigenvalue weighted by atomic mass is 16.5. The van der Waals surface area contributed by atoms with Crippen LogP contribution in [0.2, 0.25) is 0 Å². The SMILES string of the molecule is C=CCN(C(=O)Cn1ncc2c1-c1ccccc1OC2)c1ccccc1.